The van der Waals surface area contributed by atoms with Gasteiger partial charge in [0.25, 0.3) is 0 Å². The van der Waals surface area contributed by atoms with E-state index in [0.717, 1.165) is 0 Å². The van der Waals surface area contributed by atoms with E-state index < -0.39 is 11.9 Å². The third kappa shape index (κ3) is 2.69. The summed E-state index contributed by atoms with van der Waals surface area (Å²) in [6.07, 6.45) is -1.15. The molecule has 0 spiro atoms. The van der Waals surface area contributed by atoms with Crippen LogP contribution in [0.3, 0.4) is 0 Å². The first-order valence-electron chi connectivity index (χ1n) is 3.69. The minimum absolute atomic E-state index is 0.106. The Kier molecular flexibility index (Phi) is 3.72. The van der Waals surface area contributed by atoms with Crippen LogP contribution in [0.1, 0.15) is 10.4 Å². The predicted octanol–water partition coefficient (Wildman–Crippen LogP) is 2.12. The Morgan fingerprint density at radius 1 is 1.54 bits per heavy atom. The van der Waals surface area contributed by atoms with Crippen molar-refractivity contribution in [1.82, 2.24) is 0 Å². The minimum atomic E-state index is -1.15. The van der Waals surface area contributed by atoms with E-state index in [-0.39, 0.29) is 5.88 Å². The number of rotatable bonds is 3. The van der Waals surface area contributed by atoms with Crippen LogP contribution in [0.2, 0.25) is 5.02 Å². The van der Waals surface area contributed by atoms with Crippen LogP contribution in [0.5, 0.6) is 0 Å². The van der Waals surface area contributed by atoms with Crippen molar-refractivity contribution < 1.29 is 9.90 Å². The molecule has 0 bridgehead atoms. The average molecular weight is 219 g/mol. The largest absolute Gasteiger partial charge is 0.384 e. The summed E-state index contributed by atoms with van der Waals surface area (Å²) in [6, 6.07) is 6.39. The molecule has 1 aromatic rings. The molecule has 70 valence electrons. The Balaban J connectivity index is 2.89. The molecule has 0 aromatic heterocycles. The summed E-state index contributed by atoms with van der Waals surface area (Å²) in [7, 11) is 0. The average Bonchev–Trinajstić information content (AvgIpc) is 2.15. The van der Waals surface area contributed by atoms with E-state index in [1.807, 2.05) is 0 Å². The van der Waals surface area contributed by atoms with Gasteiger partial charge in [-0.3, -0.25) is 4.79 Å². The quantitative estimate of drug-likeness (QED) is 0.624. The molecule has 0 radical (unpaired) electrons. The molecule has 2 nitrogen and oxygen atoms in total. The number of alkyl halides is 1. The summed E-state index contributed by atoms with van der Waals surface area (Å²) in [5.74, 6) is -0.511. The molecule has 13 heavy (non-hydrogen) atoms. The van der Waals surface area contributed by atoms with Crippen molar-refractivity contribution in [3.05, 3.63) is 34.9 Å². The maximum absolute atomic E-state index is 11.3. The molecule has 4 heteroatoms. The number of hydrogen-bond acceptors (Lipinski definition) is 2. The van der Waals surface area contributed by atoms with Gasteiger partial charge in [0.2, 0.25) is 0 Å². The second kappa shape index (κ2) is 4.61. The number of hydrogen-bond donors (Lipinski definition) is 1. The van der Waals surface area contributed by atoms with Crippen LogP contribution >= 0.6 is 23.2 Å². The first-order valence-corrected chi connectivity index (χ1v) is 4.60. The monoisotopic (exact) mass is 218 g/mol. The van der Waals surface area contributed by atoms with Gasteiger partial charge in [0.05, 0.1) is 5.88 Å². The number of aliphatic hydroxyl groups excluding tert-OH is 1. The zero-order valence-corrected chi connectivity index (χ0v) is 8.22. The number of benzene rings is 1. The van der Waals surface area contributed by atoms with Crippen LogP contribution in [-0.2, 0) is 0 Å². The Labute approximate surface area is 86.1 Å². The molecule has 1 unspecified atom stereocenters. The molecule has 1 aromatic carbocycles. The first-order chi connectivity index (χ1) is 6.15. The van der Waals surface area contributed by atoms with Crippen molar-refractivity contribution in [1.29, 1.82) is 0 Å². The number of carbonyl (C=O) groups excluding carboxylic acids is 1. The van der Waals surface area contributed by atoms with Crippen molar-refractivity contribution in [3.63, 3.8) is 0 Å². The fraction of sp³-hybridized carbons (Fsp3) is 0.222. The van der Waals surface area contributed by atoms with Gasteiger partial charge in [-0.05, 0) is 12.1 Å². The number of halogens is 2. The summed E-state index contributed by atoms with van der Waals surface area (Å²) < 4.78 is 0. The maximum atomic E-state index is 11.3. The van der Waals surface area contributed by atoms with Crippen molar-refractivity contribution >= 4 is 29.0 Å². The topological polar surface area (TPSA) is 37.3 Å². The molecule has 0 aliphatic carbocycles. The summed E-state index contributed by atoms with van der Waals surface area (Å²) in [5.41, 5.74) is 0.376. The highest BCUT2D eigenvalue weighted by Gasteiger charge is 2.15. The lowest BCUT2D eigenvalue weighted by atomic mass is 10.1. The van der Waals surface area contributed by atoms with Crippen LogP contribution < -0.4 is 0 Å². The van der Waals surface area contributed by atoms with E-state index in [1.54, 1.807) is 18.2 Å². The molecular formula is C9H8Cl2O2. The molecule has 0 aliphatic rings. The normalized spacial score (nSPS) is 12.5. The van der Waals surface area contributed by atoms with Crippen LogP contribution in [0.25, 0.3) is 0 Å². The van der Waals surface area contributed by atoms with Gasteiger partial charge in [-0.25, -0.2) is 0 Å². The molecule has 0 saturated heterocycles. The van der Waals surface area contributed by atoms with E-state index >= 15 is 0 Å². The predicted molar refractivity (Wildman–Crippen MR) is 52.5 cm³/mol. The van der Waals surface area contributed by atoms with Gasteiger partial charge in [-0.15, -0.1) is 11.6 Å². The molecule has 0 saturated carbocycles. The second-order valence-corrected chi connectivity index (χ2v) is 3.29. The summed E-state index contributed by atoms with van der Waals surface area (Å²) in [6.45, 7) is 0. The number of Topliss-reactive ketones (excluding diaryl/α,β-unsaturated/α-hetero) is 1. The minimum Gasteiger partial charge on any atom is -0.384 e. The summed E-state index contributed by atoms with van der Waals surface area (Å²) >= 11 is 11.0. The van der Waals surface area contributed by atoms with Crippen molar-refractivity contribution in [3.8, 4) is 0 Å². The van der Waals surface area contributed by atoms with Gasteiger partial charge in [0.15, 0.2) is 5.78 Å². The number of ketones is 1. The fourth-order valence-electron chi connectivity index (χ4n) is 0.904. The lowest BCUT2D eigenvalue weighted by Gasteiger charge is -2.05. The second-order valence-electron chi connectivity index (χ2n) is 2.54. The van der Waals surface area contributed by atoms with E-state index in [0.29, 0.717) is 10.6 Å². The van der Waals surface area contributed by atoms with Crippen LogP contribution in [-0.4, -0.2) is 22.9 Å². The molecule has 1 atom stereocenters. The molecule has 0 fully saturated rings. The van der Waals surface area contributed by atoms with Gasteiger partial charge >= 0.3 is 0 Å². The van der Waals surface area contributed by atoms with Crippen molar-refractivity contribution in [2.24, 2.45) is 0 Å². The smallest absolute Gasteiger partial charge is 0.192 e. The zero-order chi connectivity index (χ0) is 9.84. The third-order valence-corrected chi connectivity index (χ3v) is 2.09. The van der Waals surface area contributed by atoms with Gasteiger partial charge in [-0.1, -0.05) is 23.7 Å². The van der Waals surface area contributed by atoms with Crippen molar-refractivity contribution in [2.45, 2.75) is 6.10 Å². The Hall–Kier alpha value is -0.570. The van der Waals surface area contributed by atoms with E-state index in [2.05, 4.69) is 0 Å². The molecule has 0 amide bonds. The Bertz CT molecular complexity index is 312. The highest BCUT2D eigenvalue weighted by Crippen LogP contribution is 2.12. The van der Waals surface area contributed by atoms with E-state index in [9.17, 15) is 4.79 Å². The van der Waals surface area contributed by atoms with Crippen LogP contribution in [0.15, 0.2) is 24.3 Å². The van der Waals surface area contributed by atoms with Crippen LogP contribution in [0, 0.1) is 0 Å². The Morgan fingerprint density at radius 3 is 2.77 bits per heavy atom. The highest BCUT2D eigenvalue weighted by molar-refractivity contribution is 6.31. The summed E-state index contributed by atoms with van der Waals surface area (Å²) in [4.78, 5) is 11.3. The Morgan fingerprint density at radius 2 is 2.23 bits per heavy atom. The molecule has 0 heterocycles. The maximum Gasteiger partial charge on any atom is 0.192 e. The van der Waals surface area contributed by atoms with Gasteiger partial charge < -0.3 is 5.11 Å². The molecule has 1 rings (SSSR count). The highest BCUT2D eigenvalue weighted by atomic mass is 35.5. The molecular weight excluding hydrogens is 211 g/mol. The summed E-state index contributed by atoms with van der Waals surface area (Å²) in [5, 5.41) is 9.61. The van der Waals surface area contributed by atoms with E-state index in [1.165, 1.54) is 6.07 Å². The van der Waals surface area contributed by atoms with Gasteiger partial charge in [0.1, 0.15) is 6.10 Å². The third-order valence-electron chi connectivity index (χ3n) is 1.56. The van der Waals surface area contributed by atoms with Gasteiger partial charge in [-0.2, -0.15) is 0 Å². The lowest BCUT2D eigenvalue weighted by molar-refractivity contribution is 0.0785. The first kappa shape index (κ1) is 10.5. The fourth-order valence-corrected chi connectivity index (χ4v) is 1.23. The lowest BCUT2D eigenvalue weighted by Crippen LogP contribution is -2.21. The molecule has 0 aliphatic heterocycles. The zero-order valence-electron chi connectivity index (χ0n) is 6.71. The van der Waals surface area contributed by atoms with Crippen molar-refractivity contribution in [2.75, 3.05) is 5.88 Å². The van der Waals surface area contributed by atoms with E-state index in [4.69, 9.17) is 28.3 Å². The number of carbonyl (C=O) groups is 1. The van der Waals surface area contributed by atoms with Gasteiger partial charge in [0, 0.05) is 10.6 Å². The van der Waals surface area contributed by atoms with Crippen LogP contribution in [0.4, 0.5) is 0 Å². The standard InChI is InChI=1S/C9H8Cl2O2/c10-5-8(12)9(13)6-2-1-3-7(11)4-6/h1-4,8,12H,5H2. The molecule has 1 N–H and O–H groups in total. The number of aliphatic hydroxyl groups is 1. The SMILES string of the molecule is O=C(c1cccc(Cl)c1)C(O)CCl.